The van der Waals surface area contributed by atoms with Gasteiger partial charge in [-0.1, -0.05) is 17.3 Å². The van der Waals surface area contributed by atoms with Crippen molar-refractivity contribution in [2.75, 3.05) is 32.0 Å². The summed E-state index contributed by atoms with van der Waals surface area (Å²) in [6, 6.07) is 11.2. The highest BCUT2D eigenvalue weighted by atomic mass is 32.1. The van der Waals surface area contributed by atoms with Crippen LogP contribution in [-0.4, -0.2) is 68.4 Å². The van der Waals surface area contributed by atoms with Crippen molar-refractivity contribution in [1.29, 1.82) is 0 Å². The Labute approximate surface area is 216 Å². The van der Waals surface area contributed by atoms with E-state index in [1.54, 1.807) is 21.8 Å². The lowest BCUT2D eigenvalue weighted by atomic mass is 10.0. The second kappa shape index (κ2) is 10.7. The van der Waals surface area contributed by atoms with Gasteiger partial charge in [0.05, 0.1) is 17.1 Å². The molecule has 1 aliphatic rings. The first-order valence-electron chi connectivity index (χ1n) is 12.0. The lowest BCUT2D eigenvalue weighted by Gasteiger charge is -2.14. The summed E-state index contributed by atoms with van der Waals surface area (Å²) in [6.07, 6.45) is 5.00. The molecule has 0 saturated carbocycles. The summed E-state index contributed by atoms with van der Waals surface area (Å²) < 4.78 is 1.75. The molecule has 1 fully saturated rings. The van der Waals surface area contributed by atoms with Crippen molar-refractivity contribution in [2.24, 2.45) is 5.16 Å². The van der Waals surface area contributed by atoms with E-state index < -0.39 is 0 Å². The molecule has 12 heteroatoms. The number of fused-ring (bicyclic) bond motifs is 1. The number of hydrogen-bond donors (Lipinski definition) is 2. The molecule has 0 spiro atoms. The molecule has 1 aromatic carbocycles. The number of anilines is 1. The Hall–Kier alpha value is -4.32. The predicted molar refractivity (Wildman–Crippen MR) is 141 cm³/mol. The quantitative estimate of drug-likeness (QED) is 0.197. The molecule has 11 nitrogen and oxygen atoms in total. The Morgan fingerprint density at radius 2 is 2.11 bits per heavy atom. The van der Waals surface area contributed by atoms with E-state index in [1.807, 2.05) is 43.5 Å². The molecular weight excluding hydrogens is 492 g/mol. The van der Waals surface area contributed by atoms with E-state index >= 15 is 0 Å². The van der Waals surface area contributed by atoms with Gasteiger partial charge in [0.15, 0.2) is 0 Å². The second-order valence-corrected chi connectivity index (χ2v) is 9.40. The molecular formula is C25H26N8O3S. The van der Waals surface area contributed by atoms with Gasteiger partial charge in [-0.05, 0) is 37.6 Å². The molecule has 0 bridgehead atoms. The number of likely N-dealkylation sites (tertiary alicyclic amines) is 1. The minimum Gasteiger partial charge on any atom is -0.393 e. The summed E-state index contributed by atoms with van der Waals surface area (Å²) in [5, 5.41) is 12.2. The lowest BCUT2D eigenvalue weighted by molar-refractivity contribution is -0.128. The second-order valence-electron chi connectivity index (χ2n) is 8.37. The monoisotopic (exact) mass is 518 g/mol. The van der Waals surface area contributed by atoms with Crippen LogP contribution in [-0.2, 0) is 9.63 Å². The van der Waals surface area contributed by atoms with Crippen molar-refractivity contribution in [3.8, 4) is 5.69 Å². The highest BCUT2D eigenvalue weighted by Gasteiger charge is 2.22. The van der Waals surface area contributed by atoms with Gasteiger partial charge in [-0.3, -0.25) is 9.59 Å². The molecule has 1 aliphatic heterocycles. The number of thiophene rings is 1. The number of nitrogens with one attached hydrogen (secondary N) is 1. The maximum atomic E-state index is 12.5. The summed E-state index contributed by atoms with van der Waals surface area (Å²) in [7, 11) is 0. The van der Waals surface area contributed by atoms with Gasteiger partial charge in [0.1, 0.15) is 22.8 Å². The van der Waals surface area contributed by atoms with Gasteiger partial charge in [0.25, 0.3) is 5.91 Å². The Morgan fingerprint density at radius 1 is 1.27 bits per heavy atom. The third-order valence-corrected chi connectivity index (χ3v) is 6.91. The number of rotatable bonds is 9. The van der Waals surface area contributed by atoms with Gasteiger partial charge in [-0.25, -0.2) is 14.6 Å². The van der Waals surface area contributed by atoms with Crippen LogP contribution in [0.3, 0.4) is 0 Å². The summed E-state index contributed by atoms with van der Waals surface area (Å²) in [5.41, 5.74) is 8.57. The number of nitrogens with zero attached hydrogens (tertiary/aromatic N) is 6. The molecule has 0 aliphatic carbocycles. The predicted octanol–water partition coefficient (Wildman–Crippen LogP) is 2.60. The minimum absolute atomic E-state index is 0.0651. The number of amides is 2. The van der Waals surface area contributed by atoms with Crippen LogP contribution in [0.2, 0.25) is 0 Å². The van der Waals surface area contributed by atoms with Crippen LogP contribution in [0.15, 0.2) is 53.9 Å². The summed E-state index contributed by atoms with van der Waals surface area (Å²) in [4.78, 5) is 41.8. The first kappa shape index (κ1) is 24.4. The molecule has 1 saturated heterocycles. The van der Waals surface area contributed by atoms with Crippen LogP contribution in [0.4, 0.5) is 5.95 Å². The van der Waals surface area contributed by atoms with Crippen LogP contribution in [0, 0.1) is 0 Å². The Balaban J connectivity index is 1.51. The van der Waals surface area contributed by atoms with E-state index in [0.29, 0.717) is 46.0 Å². The summed E-state index contributed by atoms with van der Waals surface area (Å²) in [5.74, 6) is 0.00222. The van der Waals surface area contributed by atoms with Gasteiger partial charge in [0.2, 0.25) is 11.9 Å². The fraction of sp³-hybridized carbons (Fsp3) is 0.280. The third kappa shape index (κ3) is 5.28. The molecule has 5 rings (SSSR count). The largest absolute Gasteiger partial charge is 0.393 e. The molecule has 4 aromatic rings. The molecule has 2 amide bonds. The SMILES string of the molecule is CCNC(=O)c1cc2c(/C(=N\OCCN3CCCC3=O)c3ccc(-n4cccn4)cc3)nc(N)nc2s1. The van der Waals surface area contributed by atoms with E-state index in [1.165, 1.54) is 11.3 Å². The highest BCUT2D eigenvalue weighted by Crippen LogP contribution is 2.29. The van der Waals surface area contributed by atoms with E-state index in [-0.39, 0.29) is 24.4 Å². The Morgan fingerprint density at radius 3 is 2.81 bits per heavy atom. The number of oxime groups is 1. The molecule has 3 aromatic heterocycles. The lowest BCUT2D eigenvalue weighted by Crippen LogP contribution is -2.28. The molecule has 0 unspecified atom stereocenters. The van der Waals surface area contributed by atoms with Crippen molar-refractivity contribution in [3.63, 3.8) is 0 Å². The number of aromatic nitrogens is 4. The van der Waals surface area contributed by atoms with Crippen LogP contribution < -0.4 is 11.1 Å². The fourth-order valence-corrected chi connectivity index (χ4v) is 5.06. The minimum atomic E-state index is -0.191. The number of nitrogens with two attached hydrogens (primary N) is 1. The van der Waals surface area contributed by atoms with Crippen molar-refractivity contribution >= 4 is 45.0 Å². The zero-order valence-corrected chi connectivity index (χ0v) is 21.1. The first-order chi connectivity index (χ1) is 18.0. The number of benzene rings is 1. The summed E-state index contributed by atoms with van der Waals surface area (Å²) in [6.45, 7) is 3.79. The van der Waals surface area contributed by atoms with E-state index in [9.17, 15) is 9.59 Å². The molecule has 0 atom stereocenters. The fourth-order valence-electron chi connectivity index (χ4n) is 4.11. The van der Waals surface area contributed by atoms with Crippen LogP contribution in [0.1, 0.15) is 40.7 Å². The van der Waals surface area contributed by atoms with Gasteiger partial charge < -0.3 is 20.8 Å². The molecule has 0 radical (unpaired) electrons. The first-order valence-corrected chi connectivity index (χ1v) is 12.8. The molecule has 190 valence electrons. The van der Waals surface area contributed by atoms with Crippen molar-refractivity contribution in [2.45, 2.75) is 19.8 Å². The maximum absolute atomic E-state index is 12.5. The van der Waals surface area contributed by atoms with Crippen molar-refractivity contribution in [1.82, 2.24) is 30.0 Å². The normalized spacial score (nSPS) is 13.9. The van der Waals surface area contributed by atoms with Gasteiger partial charge in [-0.2, -0.15) is 5.10 Å². The van der Waals surface area contributed by atoms with Crippen LogP contribution in [0.5, 0.6) is 0 Å². The Bertz CT molecular complexity index is 1450. The van der Waals surface area contributed by atoms with Crippen LogP contribution in [0.25, 0.3) is 15.9 Å². The van der Waals surface area contributed by atoms with Crippen molar-refractivity contribution < 1.29 is 14.4 Å². The maximum Gasteiger partial charge on any atom is 0.261 e. The number of hydrogen-bond acceptors (Lipinski definition) is 9. The zero-order chi connectivity index (χ0) is 25.8. The van der Waals surface area contributed by atoms with E-state index in [2.05, 4.69) is 25.5 Å². The summed E-state index contributed by atoms with van der Waals surface area (Å²) >= 11 is 1.24. The average molecular weight is 519 g/mol. The van der Waals surface area contributed by atoms with Crippen LogP contribution >= 0.6 is 11.3 Å². The van der Waals surface area contributed by atoms with Crippen molar-refractivity contribution in [3.05, 3.63) is 64.9 Å². The smallest absolute Gasteiger partial charge is 0.261 e. The highest BCUT2D eigenvalue weighted by molar-refractivity contribution is 7.20. The number of carbonyl (C=O) groups is 2. The molecule has 3 N–H and O–H groups in total. The average Bonchev–Trinajstić information content (AvgIpc) is 3.66. The standard InChI is InChI=1S/C25H26N8O3S/c1-2-27-23(35)19-15-18-22(29-25(26)30-24(18)37-19)21(31-36-14-13-32-11-3-5-20(32)34)16-6-8-17(9-7-16)33-12-4-10-28-33/h4,6-10,12,15H,2-3,5,11,13-14H2,1H3,(H,27,35)(H2,26,29,30)/b31-21-. The number of carbonyl (C=O) groups excluding carboxylic acids is 2. The van der Waals surface area contributed by atoms with Gasteiger partial charge >= 0.3 is 0 Å². The number of nitrogen functional groups attached to an aromatic ring is 1. The molecule has 37 heavy (non-hydrogen) atoms. The van der Waals surface area contributed by atoms with E-state index in [4.69, 9.17) is 10.6 Å². The Kier molecular flexibility index (Phi) is 7.08. The molecule has 4 heterocycles. The third-order valence-electron chi connectivity index (χ3n) is 5.88. The topological polar surface area (TPSA) is 141 Å². The van der Waals surface area contributed by atoms with E-state index in [0.717, 1.165) is 24.2 Å². The van der Waals surface area contributed by atoms with Gasteiger partial charge in [0, 0.05) is 42.9 Å². The van der Waals surface area contributed by atoms with Gasteiger partial charge in [-0.15, -0.1) is 11.3 Å². The zero-order valence-electron chi connectivity index (χ0n) is 20.3.